The van der Waals surface area contributed by atoms with Crippen LogP contribution in [0.3, 0.4) is 0 Å². The van der Waals surface area contributed by atoms with E-state index in [1.807, 2.05) is 17.0 Å². The molecule has 7 heteroatoms. The van der Waals surface area contributed by atoms with Gasteiger partial charge in [-0.05, 0) is 36.6 Å². The van der Waals surface area contributed by atoms with E-state index in [-0.39, 0.29) is 36.4 Å². The van der Waals surface area contributed by atoms with Crippen LogP contribution in [0.2, 0.25) is 0 Å². The summed E-state index contributed by atoms with van der Waals surface area (Å²) in [4.78, 5) is 24.1. The molecule has 0 unspecified atom stereocenters. The normalized spacial score (nSPS) is 16.4. The molecule has 0 radical (unpaired) electrons. The van der Waals surface area contributed by atoms with Crippen molar-refractivity contribution in [2.24, 2.45) is 4.99 Å². The summed E-state index contributed by atoms with van der Waals surface area (Å²) in [5, 5.41) is 3.37. The Morgan fingerprint density at radius 1 is 0.903 bits per heavy atom. The van der Waals surface area contributed by atoms with Crippen molar-refractivity contribution in [3.05, 3.63) is 65.7 Å². The highest BCUT2D eigenvalue weighted by Gasteiger charge is 2.22. The highest BCUT2D eigenvalue weighted by atomic mass is 127. The molecule has 1 N–H and O–H groups in total. The summed E-state index contributed by atoms with van der Waals surface area (Å²) in [5.74, 6) is 0.943. The Balaban J connectivity index is 0.00000272. The molecule has 0 saturated carbocycles. The fourth-order valence-corrected chi connectivity index (χ4v) is 4.19. The van der Waals surface area contributed by atoms with Gasteiger partial charge in [0, 0.05) is 51.5 Å². The summed E-state index contributed by atoms with van der Waals surface area (Å²) in [6, 6.07) is 18.9. The zero-order chi connectivity index (χ0) is 20.8. The van der Waals surface area contributed by atoms with Gasteiger partial charge in [-0.3, -0.25) is 4.79 Å². The number of piperazine rings is 1. The molecule has 2 aliphatic heterocycles. The highest BCUT2D eigenvalue weighted by Crippen LogP contribution is 2.19. The van der Waals surface area contributed by atoms with Crippen molar-refractivity contribution in [1.29, 1.82) is 0 Å². The number of amides is 1. The molecule has 166 valence electrons. The van der Waals surface area contributed by atoms with Crippen molar-refractivity contribution in [3.8, 4) is 0 Å². The van der Waals surface area contributed by atoms with Crippen LogP contribution in [0.1, 0.15) is 18.1 Å². The SMILES string of the molecule is CCNC(=NCC(=O)N1CCc2ccccc2C1)N1CCN(c2ccccc2)CC1.I. The second kappa shape index (κ2) is 11.4. The lowest BCUT2D eigenvalue weighted by Gasteiger charge is -2.37. The lowest BCUT2D eigenvalue weighted by Crippen LogP contribution is -2.52. The minimum Gasteiger partial charge on any atom is -0.368 e. The number of aliphatic imine (C=N–C) groups is 1. The zero-order valence-corrected chi connectivity index (χ0v) is 20.5. The van der Waals surface area contributed by atoms with E-state index in [1.54, 1.807) is 0 Å². The summed E-state index contributed by atoms with van der Waals surface area (Å²) in [6.45, 7) is 8.22. The van der Waals surface area contributed by atoms with Crippen LogP contribution in [-0.2, 0) is 17.8 Å². The lowest BCUT2D eigenvalue weighted by molar-refractivity contribution is -0.130. The van der Waals surface area contributed by atoms with Gasteiger partial charge in [0.2, 0.25) is 5.91 Å². The standard InChI is InChI=1S/C24H31N5O.HI/c1-2-25-24(28-16-14-27(15-17-28)22-10-4-3-5-11-22)26-18-23(30)29-13-12-20-8-6-7-9-21(20)19-29;/h3-11H,2,12-19H2,1H3,(H,25,26);1H. The third-order valence-corrected chi connectivity index (χ3v) is 5.88. The van der Waals surface area contributed by atoms with Crippen LogP contribution in [0.15, 0.2) is 59.6 Å². The molecule has 6 nitrogen and oxygen atoms in total. The second-order valence-corrected chi connectivity index (χ2v) is 7.81. The van der Waals surface area contributed by atoms with E-state index >= 15 is 0 Å². The molecule has 4 rings (SSSR count). The number of halogens is 1. The van der Waals surface area contributed by atoms with Gasteiger partial charge in [-0.15, -0.1) is 24.0 Å². The summed E-state index contributed by atoms with van der Waals surface area (Å²) in [5.41, 5.74) is 3.87. The van der Waals surface area contributed by atoms with Crippen LogP contribution in [0.25, 0.3) is 0 Å². The average Bonchev–Trinajstić information content (AvgIpc) is 2.82. The van der Waals surface area contributed by atoms with E-state index in [9.17, 15) is 4.79 Å². The van der Waals surface area contributed by atoms with E-state index in [0.29, 0.717) is 6.54 Å². The predicted molar refractivity (Wildman–Crippen MR) is 137 cm³/mol. The quantitative estimate of drug-likeness (QED) is 0.373. The Morgan fingerprint density at radius 3 is 2.29 bits per heavy atom. The average molecular weight is 533 g/mol. The monoisotopic (exact) mass is 533 g/mol. The number of benzene rings is 2. The number of rotatable bonds is 4. The molecule has 0 aliphatic carbocycles. The number of hydrogen-bond donors (Lipinski definition) is 1. The molecular formula is C24H32IN5O. The van der Waals surface area contributed by atoms with E-state index < -0.39 is 0 Å². The molecular weight excluding hydrogens is 501 g/mol. The van der Waals surface area contributed by atoms with Gasteiger partial charge in [0.05, 0.1) is 0 Å². The summed E-state index contributed by atoms with van der Waals surface area (Å²) < 4.78 is 0. The maximum Gasteiger partial charge on any atom is 0.244 e. The maximum absolute atomic E-state index is 12.8. The Kier molecular flexibility index (Phi) is 8.57. The van der Waals surface area contributed by atoms with Crippen LogP contribution in [0.5, 0.6) is 0 Å². The zero-order valence-electron chi connectivity index (χ0n) is 18.2. The first kappa shape index (κ1) is 23.4. The molecule has 0 bridgehead atoms. The minimum absolute atomic E-state index is 0. The smallest absolute Gasteiger partial charge is 0.244 e. The molecule has 31 heavy (non-hydrogen) atoms. The molecule has 2 aromatic carbocycles. The van der Waals surface area contributed by atoms with Gasteiger partial charge in [-0.25, -0.2) is 4.99 Å². The van der Waals surface area contributed by atoms with Gasteiger partial charge in [0.25, 0.3) is 0 Å². The topological polar surface area (TPSA) is 51.2 Å². The van der Waals surface area contributed by atoms with Crippen molar-refractivity contribution >= 4 is 41.5 Å². The molecule has 2 aromatic rings. The Labute approximate surface area is 202 Å². The van der Waals surface area contributed by atoms with E-state index in [0.717, 1.165) is 51.6 Å². The molecule has 0 spiro atoms. The molecule has 0 atom stereocenters. The van der Waals surface area contributed by atoms with Crippen LogP contribution in [-0.4, -0.2) is 67.5 Å². The Hall–Kier alpha value is -2.29. The fourth-order valence-electron chi connectivity index (χ4n) is 4.19. The predicted octanol–water partition coefficient (Wildman–Crippen LogP) is 2.98. The van der Waals surface area contributed by atoms with Crippen molar-refractivity contribution in [2.75, 3.05) is 50.7 Å². The van der Waals surface area contributed by atoms with Gasteiger partial charge in [0.1, 0.15) is 6.54 Å². The van der Waals surface area contributed by atoms with E-state index in [4.69, 9.17) is 0 Å². The number of guanidine groups is 1. The van der Waals surface area contributed by atoms with Crippen molar-refractivity contribution in [2.45, 2.75) is 19.9 Å². The first-order valence-electron chi connectivity index (χ1n) is 10.9. The molecule has 1 fully saturated rings. The largest absolute Gasteiger partial charge is 0.368 e. The van der Waals surface area contributed by atoms with Crippen LogP contribution < -0.4 is 10.2 Å². The molecule has 1 amide bonds. The van der Waals surface area contributed by atoms with Gasteiger partial charge >= 0.3 is 0 Å². The fraction of sp³-hybridized carbons (Fsp3) is 0.417. The highest BCUT2D eigenvalue weighted by molar-refractivity contribution is 14.0. The van der Waals surface area contributed by atoms with Gasteiger partial charge in [0.15, 0.2) is 5.96 Å². The number of anilines is 1. The number of nitrogens with one attached hydrogen (secondary N) is 1. The van der Waals surface area contributed by atoms with Crippen molar-refractivity contribution in [3.63, 3.8) is 0 Å². The third kappa shape index (κ3) is 5.90. The second-order valence-electron chi connectivity index (χ2n) is 7.81. The molecule has 2 heterocycles. The number of carbonyl (C=O) groups excluding carboxylic acids is 1. The number of carbonyl (C=O) groups is 1. The lowest BCUT2D eigenvalue weighted by atomic mass is 10.00. The van der Waals surface area contributed by atoms with Gasteiger partial charge < -0.3 is 20.0 Å². The number of hydrogen-bond acceptors (Lipinski definition) is 3. The summed E-state index contributed by atoms with van der Waals surface area (Å²) in [7, 11) is 0. The Morgan fingerprint density at radius 2 is 1.58 bits per heavy atom. The molecule has 0 aromatic heterocycles. The van der Waals surface area contributed by atoms with Crippen LogP contribution in [0.4, 0.5) is 5.69 Å². The first-order chi connectivity index (χ1) is 14.7. The van der Waals surface area contributed by atoms with Crippen LogP contribution >= 0.6 is 24.0 Å². The Bertz CT molecular complexity index is 881. The molecule has 1 saturated heterocycles. The first-order valence-corrected chi connectivity index (χ1v) is 10.9. The van der Waals surface area contributed by atoms with E-state index in [2.05, 4.69) is 69.5 Å². The number of para-hydroxylation sites is 1. The molecule has 2 aliphatic rings. The van der Waals surface area contributed by atoms with Gasteiger partial charge in [-0.1, -0.05) is 42.5 Å². The number of nitrogens with zero attached hydrogens (tertiary/aromatic N) is 4. The maximum atomic E-state index is 12.8. The van der Waals surface area contributed by atoms with Crippen LogP contribution in [0, 0.1) is 0 Å². The number of fused-ring (bicyclic) bond motifs is 1. The van der Waals surface area contributed by atoms with Crippen molar-refractivity contribution in [1.82, 2.24) is 15.1 Å². The van der Waals surface area contributed by atoms with E-state index in [1.165, 1.54) is 16.8 Å². The third-order valence-electron chi connectivity index (χ3n) is 5.88. The summed E-state index contributed by atoms with van der Waals surface area (Å²) in [6.07, 6.45) is 0.924. The summed E-state index contributed by atoms with van der Waals surface area (Å²) >= 11 is 0. The minimum atomic E-state index is 0. The van der Waals surface area contributed by atoms with Crippen molar-refractivity contribution < 1.29 is 4.79 Å². The van der Waals surface area contributed by atoms with Gasteiger partial charge in [-0.2, -0.15) is 0 Å².